The summed E-state index contributed by atoms with van der Waals surface area (Å²) in [6.07, 6.45) is 0. The van der Waals surface area contributed by atoms with Gasteiger partial charge in [0.1, 0.15) is 6.04 Å². The van der Waals surface area contributed by atoms with Gasteiger partial charge in [-0.25, -0.2) is 4.79 Å². The van der Waals surface area contributed by atoms with Gasteiger partial charge in [-0.3, -0.25) is 9.69 Å². The van der Waals surface area contributed by atoms with Crippen molar-refractivity contribution in [2.45, 2.75) is 25.7 Å². The van der Waals surface area contributed by atoms with E-state index in [4.69, 9.17) is 9.47 Å². The minimum atomic E-state index is -0.645. The third-order valence-electron chi connectivity index (χ3n) is 5.98. The Morgan fingerprint density at radius 3 is 1.69 bits per heavy atom. The lowest BCUT2D eigenvalue weighted by molar-refractivity contribution is -0.153. The van der Waals surface area contributed by atoms with Crippen molar-refractivity contribution in [2.24, 2.45) is 0 Å². The fourth-order valence-corrected chi connectivity index (χ4v) is 4.17. The lowest BCUT2D eigenvalue weighted by Crippen LogP contribution is -2.62. The van der Waals surface area contributed by atoms with Crippen LogP contribution in [0.3, 0.4) is 0 Å². The molecule has 3 aromatic rings. The predicted molar refractivity (Wildman–Crippen MR) is 133 cm³/mol. The van der Waals surface area contributed by atoms with Gasteiger partial charge in [0.25, 0.3) is 0 Å². The van der Waals surface area contributed by atoms with Crippen LogP contribution in [0.25, 0.3) is 0 Å². The van der Waals surface area contributed by atoms with Crippen LogP contribution >= 0.6 is 0 Å². The Labute approximate surface area is 206 Å². The number of ether oxygens (including phenoxy) is 2. The molecular formula is C28H31N3O4. The van der Waals surface area contributed by atoms with Gasteiger partial charge in [-0.15, -0.1) is 0 Å². The highest BCUT2D eigenvalue weighted by Gasteiger charge is 2.37. The van der Waals surface area contributed by atoms with Crippen molar-refractivity contribution in [1.29, 1.82) is 0 Å². The zero-order valence-electron chi connectivity index (χ0n) is 20.0. The van der Waals surface area contributed by atoms with Gasteiger partial charge < -0.3 is 19.3 Å². The Balaban J connectivity index is 1.52. The number of carbonyl (C=O) groups excluding carboxylic acids is 2. The number of hydrogen-bond donors (Lipinski definition) is 0. The van der Waals surface area contributed by atoms with E-state index in [9.17, 15) is 9.59 Å². The Morgan fingerprint density at radius 1 is 0.771 bits per heavy atom. The molecule has 0 unspecified atom stereocenters. The van der Waals surface area contributed by atoms with E-state index in [0.29, 0.717) is 33.0 Å². The molecular weight excluding hydrogens is 442 g/mol. The highest BCUT2D eigenvalue weighted by Crippen LogP contribution is 2.20. The van der Waals surface area contributed by atoms with Gasteiger partial charge in [0, 0.05) is 13.1 Å². The lowest BCUT2D eigenvalue weighted by Gasteiger charge is -2.44. The molecule has 182 valence electrons. The van der Waals surface area contributed by atoms with E-state index in [1.165, 1.54) is 7.11 Å². The standard InChI is InChI=1S/C28H31N3O4/c1-34-27(32)26(20-35-19-25-15-9-4-10-16-25)31-21-29(17-23-11-5-2-6-12-23)28(33)30(22-31)18-24-13-7-3-8-14-24/h2-16,26H,17-22H2,1H3/t26-/m0/s1. The number of hydrogen-bond acceptors (Lipinski definition) is 5. The molecule has 0 spiro atoms. The molecule has 0 aromatic heterocycles. The van der Waals surface area contributed by atoms with Crippen LogP contribution in [-0.2, 0) is 34.0 Å². The molecule has 35 heavy (non-hydrogen) atoms. The van der Waals surface area contributed by atoms with Crippen LogP contribution in [0.15, 0.2) is 91.0 Å². The number of rotatable bonds is 10. The van der Waals surface area contributed by atoms with Gasteiger partial charge in [-0.2, -0.15) is 0 Å². The summed E-state index contributed by atoms with van der Waals surface area (Å²) in [5.74, 6) is -0.383. The van der Waals surface area contributed by atoms with Gasteiger partial charge in [0.05, 0.1) is 33.7 Å². The molecule has 1 aliphatic heterocycles. The Bertz CT molecular complexity index is 1030. The predicted octanol–water partition coefficient (Wildman–Crippen LogP) is 4.10. The topological polar surface area (TPSA) is 62.3 Å². The minimum absolute atomic E-state index is 0.0669. The van der Waals surface area contributed by atoms with E-state index in [0.717, 1.165) is 16.7 Å². The fraction of sp³-hybridized carbons (Fsp3) is 0.286. The van der Waals surface area contributed by atoms with Crippen molar-refractivity contribution >= 4 is 12.0 Å². The highest BCUT2D eigenvalue weighted by atomic mass is 16.5. The van der Waals surface area contributed by atoms with Crippen LogP contribution in [-0.4, -0.2) is 59.8 Å². The molecule has 0 aliphatic carbocycles. The first-order valence-electron chi connectivity index (χ1n) is 11.7. The second-order valence-corrected chi connectivity index (χ2v) is 8.56. The van der Waals surface area contributed by atoms with Crippen LogP contribution < -0.4 is 0 Å². The molecule has 3 aromatic carbocycles. The molecule has 1 atom stereocenters. The second-order valence-electron chi connectivity index (χ2n) is 8.56. The van der Waals surface area contributed by atoms with E-state index in [-0.39, 0.29) is 18.6 Å². The van der Waals surface area contributed by atoms with E-state index < -0.39 is 6.04 Å². The molecule has 0 radical (unpaired) electrons. The molecule has 1 saturated heterocycles. The molecule has 0 bridgehead atoms. The molecule has 2 amide bonds. The maximum atomic E-state index is 13.4. The molecule has 0 saturated carbocycles. The van der Waals surface area contributed by atoms with Crippen LogP contribution in [0.1, 0.15) is 16.7 Å². The first-order valence-corrected chi connectivity index (χ1v) is 11.7. The van der Waals surface area contributed by atoms with Gasteiger partial charge in [0.2, 0.25) is 0 Å². The van der Waals surface area contributed by atoms with Crippen molar-refractivity contribution in [3.8, 4) is 0 Å². The average molecular weight is 474 g/mol. The monoisotopic (exact) mass is 473 g/mol. The summed E-state index contributed by atoms with van der Waals surface area (Å²) in [7, 11) is 1.38. The van der Waals surface area contributed by atoms with E-state index >= 15 is 0 Å². The van der Waals surface area contributed by atoms with Crippen molar-refractivity contribution in [2.75, 3.05) is 27.1 Å². The van der Waals surface area contributed by atoms with Crippen molar-refractivity contribution in [1.82, 2.24) is 14.7 Å². The summed E-state index contributed by atoms with van der Waals surface area (Å²) in [6, 6.07) is 28.8. The largest absolute Gasteiger partial charge is 0.468 e. The van der Waals surface area contributed by atoms with E-state index in [1.807, 2.05) is 95.9 Å². The summed E-state index contributed by atoms with van der Waals surface area (Å²) in [5, 5.41) is 0. The van der Waals surface area contributed by atoms with Crippen molar-refractivity contribution < 1.29 is 19.1 Å². The smallest absolute Gasteiger partial charge is 0.325 e. The van der Waals surface area contributed by atoms with Gasteiger partial charge in [-0.1, -0.05) is 91.0 Å². The van der Waals surface area contributed by atoms with Gasteiger partial charge in [-0.05, 0) is 16.7 Å². The average Bonchev–Trinajstić information content (AvgIpc) is 2.90. The summed E-state index contributed by atoms with van der Waals surface area (Å²) >= 11 is 0. The number of benzene rings is 3. The number of nitrogens with zero attached hydrogens (tertiary/aromatic N) is 3. The maximum Gasteiger partial charge on any atom is 0.325 e. The number of carbonyl (C=O) groups is 2. The van der Waals surface area contributed by atoms with E-state index in [2.05, 4.69) is 0 Å². The number of urea groups is 1. The molecule has 7 heteroatoms. The third-order valence-corrected chi connectivity index (χ3v) is 5.98. The SMILES string of the molecule is COC(=O)[C@H](COCc1ccccc1)N1CN(Cc2ccccc2)C(=O)N(Cc2ccccc2)C1. The summed E-state index contributed by atoms with van der Waals surface area (Å²) in [5.41, 5.74) is 3.08. The molecule has 1 aliphatic rings. The zero-order valence-corrected chi connectivity index (χ0v) is 20.0. The number of amides is 2. The molecule has 1 fully saturated rings. The van der Waals surface area contributed by atoms with Crippen LogP contribution in [0.5, 0.6) is 0 Å². The van der Waals surface area contributed by atoms with E-state index in [1.54, 1.807) is 9.80 Å². The maximum absolute atomic E-state index is 13.4. The molecule has 7 nitrogen and oxygen atoms in total. The fourth-order valence-electron chi connectivity index (χ4n) is 4.17. The Kier molecular flexibility index (Phi) is 8.48. The minimum Gasteiger partial charge on any atom is -0.468 e. The summed E-state index contributed by atoms with van der Waals surface area (Å²) in [6.45, 7) is 2.04. The highest BCUT2D eigenvalue weighted by molar-refractivity contribution is 5.78. The van der Waals surface area contributed by atoms with Crippen LogP contribution in [0.2, 0.25) is 0 Å². The number of esters is 1. The molecule has 4 rings (SSSR count). The van der Waals surface area contributed by atoms with Crippen molar-refractivity contribution in [3.05, 3.63) is 108 Å². The van der Waals surface area contributed by atoms with Crippen LogP contribution in [0.4, 0.5) is 4.79 Å². The first kappa shape index (κ1) is 24.4. The first-order chi connectivity index (χ1) is 17.1. The quantitative estimate of drug-likeness (QED) is 0.415. The Morgan fingerprint density at radius 2 is 1.23 bits per heavy atom. The molecule has 1 heterocycles. The number of methoxy groups -OCH3 is 1. The van der Waals surface area contributed by atoms with Gasteiger partial charge in [0.15, 0.2) is 0 Å². The zero-order chi connectivity index (χ0) is 24.5. The summed E-state index contributed by atoms with van der Waals surface area (Å²) in [4.78, 5) is 31.7. The third kappa shape index (κ3) is 6.68. The summed E-state index contributed by atoms with van der Waals surface area (Å²) < 4.78 is 11.0. The lowest BCUT2D eigenvalue weighted by atomic mass is 10.2. The van der Waals surface area contributed by atoms with Gasteiger partial charge >= 0.3 is 12.0 Å². The second kappa shape index (κ2) is 12.1. The van der Waals surface area contributed by atoms with Crippen LogP contribution in [0, 0.1) is 0 Å². The molecule has 0 N–H and O–H groups in total. The van der Waals surface area contributed by atoms with Crippen molar-refractivity contribution in [3.63, 3.8) is 0 Å². The Hall–Kier alpha value is -3.68. The normalized spacial score (nSPS) is 15.2.